The number of aliphatic hydroxyl groups excluding tert-OH is 1. The number of carbonyl (C=O) groups is 1. The fourth-order valence-electron chi connectivity index (χ4n) is 4.75. The minimum Gasteiger partial charge on any atom is -0.490 e. The minimum atomic E-state index is -2.72. The Morgan fingerprint density at radius 1 is 1.39 bits per heavy atom. The van der Waals surface area contributed by atoms with Gasteiger partial charge in [0.2, 0.25) is 5.91 Å². The number of para-hydroxylation sites is 1. The Labute approximate surface area is 168 Å². The predicted octanol–water partition coefficient (Wildman–Crippen LogP) is 2.71. The van der Waals surface area contributed by atoms with Crippen molar-refractivity contribution in [2.45, 2.75) is 63.1 Å². The van der Waals surface area contributed by atoms with Crippen LogP contribution in [0.25, 0.3) is 0 Å². The molecule has 1 unspecified atom stereocenters. The molecule has 28 heavy (non-hydrogen) atoms. The van der Waals surface area contributed by atoms with Crippen molar-refractivity contribution in [1.29, 1.82) is 0 Å². The van der Waals surface area contributed by atoms with Crippen LogP contribution in [-0.4, -0.2) is 61.4 Å². The Bertz CT molecular complexity index is 692. The van der Waals surface area contributed by atoms with Gasteiger partial charge in [-0.25, -0.2) is 0 Å². The van der Waals surface area contributed by atoms with Crippen LogP contribution in [0.2, 0.25) is 18.6 Å². The maximum absolute atomic E-state index is 13.1. The van der Waals surface area contributed by atoms with Gasteiger partial charge in [-0.2, -0.15) is 0 Å². The molecular formula is C21H33NO5Si. The Morgan fingerprint density at radius 2 is 2.11 bits per heavy atom. The number of fused-ring (bicyclic) bond motifs is 1. The van der Waals surface area contributed by atoms with Gasteiger partial charge < -0.3 is 24.3 Å². The molecule has 0 saturated carbocycles. The molecule has 1 aromatic carbocycles. The molecule has 1 saturated heterocycles. The van der Waals surface area contributed by atoms with Crippen molar-refractivity contribution in [3.63, 3.8) is 0 Å². The zero-order valence-corrected chi connectivity index (χ0v) is 18.3. The van der Waals surface area contributed by atoms with E-state index in [1.807, 2.05) is 37.4 Å². The molecule has 2 heterocycles. The van der Waals surface area contributed by atoms with E-state index in [4.69, 9.17) is 9.47 Å². The van der Waals surface area contributed by atoms with Crippen LogP contribution < -0.4 is 4.74 Å². The van der Waals surface area contributed by atoms with Gasteiger partial charge in [0.05, 0.1) is 18.8 Å². The molecule has 2 N–H and O–H groups in total. The normalized spacial score (nSPS) is 28.6. The van der Waals surface area contributed by atoms with Crippen molar-refractivity contribution in [2.75, 3.05) is 20.3 Å². The Balaban J connectivity index is 1.87. The van der Waals surface area contributed by atoms with Crippen LogP contribution in [0.4, 0.5) is 0 Å². The zero-order valence-electron chi connectivity index (χ0n) is 17.3. The van der Waals surface area contributed by atoms with Gasteiger partial charge >= 0.3 is 0 Å². The third-order valence-corrected chi connectivity index (χ3v) is 8.69. The van der Waals surface area contributed by atoms with Gasteiger partial charge in [0.15, 0.2) is 8.32 Å². The first kappa shape index (κ1) is 21.3. The van der Waals surface area contributed by atoms with Crippen LogP contribution in [0.5, 0.6) is 5.75 Å². The van der Waals surface area contributed by atoms with Crippen LogP contribution in [0.1, 0.15) is 37.9 Å². The molecule has 1 aromatic rings. The number of aliphatic hydroxyl groups is 1. The summed E-state index contributed by atoms with van der Waals surface area (Å²) in [6.07, 6.45) is 1.55. The third-order valence-electron chi connectivity index (χ3n) is 6.35. The van der Waals surface area contributed by atoms with E-state index in [1.54, 1.807) is 12.0 Å². The molecule has 7 heteroatoms. The summed E-state index contributed by atoms with van der Waals surface area (Å²) in [4.78, 5) is 25.9. The highest BCUT2D eigenvalue weighted by Gasteiger charge is 2.47. The number of amides is 1. The highest BCUT2D eigenvalue weighted by Crippen LogP contribution is 2.46. The number of hydrogen-bond donors (Lipinski definition) is 2. The highest BCUT2D eigenvalue weighted by molar-refractivity contribution is 6.71. The van der Waals surface area contributed by atoms with Crippen LogP contribution >= 0.6 is 0 Å². The van der Waals surface area contributed by atoms with E-state index in [1.165, 1.54) is 0 Å². The summed E-state index contributed by atoms with van der Waals surface area (Å²) in [6, 6.07) is 7.72. The summed E-state index contributed by atoms with van der Waals surface area (Å²) in [6.45, 7) is 6.48. The fraction of sp³-hybridized carbons (Fsp3) is 0.667. The lowest BCUT2D eigenvalue weighted by molar-refractivity contribution is -0.133. The van der Waals surface area contributed by atoms with E-state index < -0.39 is 8.32 Å². The average Bonchev–Trinajstić information content (AvgIpc) is 3.14. The molecule has 0 bridgehead atoms. The topological polar surface area (TPSA) is 79.2 Å². The molecule has 1 amide bonds. The number of nitrogens with zero attached hydrogens (tertiary/aromatic N) is 1. The molecule has 0 aromatic heterocycles. The molecule has 2 aliphatic rings. The minimum absolute atomic E-state index is 0.000185. The molecular weight excluding hydrogens is 374 g/mol. The number of methoxy groups -OCH3 is 1. The van der Waals surface area contributed by atoms with E-state index in [9.17, 15) is 14.7 Å². The maximum Gasteiger partial charge on any atom is 0.223 e. The maximum atomic E-state index is 13.1. The van der Waals surface area contributed by atoms with Crippen molar-refractivity contribution < 1.29 is 24.2 Å². The summed E-state index contributed by atoms with van der Waals surface area (Å²) >= 11 is 0. The quantitative estimate of drug-likeness (QED) is 0.709. The third kappa shape index (κ3) is 4.12. The van der Waals surface area contributed by atoms with Crippen LogP contribution in [0, 0.1) is 5.92 Å². The van der Waals surface area contributed by atoms with E-state index in [2.05, 4.69) is 6.92 Å². The lowest BCUT2D eigenvalue weighted by Crippen LogP contribution is -2.50. The monoisotopic (exact) mass is 407 g/mol. The predicted molar refractivity (Wildman–Crippen MR) is 110 cm³/mol. The van der Waals surface area contributed by atoms with E-state index in [-0.39, 0.29) is 48.6 Å². The first-order chi connectivity index (χ1) is 13.3. The molecule has 1 fully saturated rings. The number of hydrogen-bond acceptors (Lipinski definition) is 5. The average molecular weight is 408 g/mol. The molecule has 0 aliphatic carbocycles. The number of benzene rings is 1. The van der Waals surface area contributed by atoms with Gasteiger partial charge in [0.25, 0.3) is 0 Å². The lowest BCUT2D eigenvalue weighted by Gasteiger charge is -2.44. The van der Waals surface area contributed by atoms with Crippen LogP contribution in [0.15, 0.2) is 24.3 Å². The number of rotatable bonds is 6. The first-order valence-corrected chi connectivity index (χ1v) is 13.2. The Kier molecular flexibility index (Phi) is 6.49. The van der Waals surface area contributed by atoms with E-state index in [0.29, 0.717) is 6.54 Å². The molecule has 3 rings (SSSR count). The van der Waals surface area contributed by atoms with Crippen LogP contribution in [-0.2, 0) is 9.53 Å². The van der Waals surface area contributed by atoms with Gasteiger partial charge in [0.1, 0.15) is 11.9 Å². The lowest BCUT2D eigenvalue weighted by atomic mass is 9.86. The second-order valence-electron chi connectivity index (χ2n) is 8.67. The number of carbonyl (C=O) groups excluding carboxylic acids is 1. The fourth-order valence-corrected chi connectivity index (χ4v) is 6.60. The van der Waals surface area contributed by atoms with Gasteiger partial charge in [-0.1, -0.05) is 25.1 Å². The van der Waals surface area contributed by atoms with E-state index >= 15 is 0 Å². The standard InChI is InChI=1S/C21H33NO5Si/c1-14-20(26-2)16-9-5-6-10-17(16)27-21(14)18(28(3,4)25)12-19(24)22-11-7-8-15(22)13-23/h5-6,9-10,14-15,18,20-21,23,25H,7-8,11-13H2,1-4H3/t14-,15+,18?,20-,21-/m1/s1. The van der Waals surface area contributed by atoms with Gasteiger partial charge in [-0.15, -0.1) is 0 Å². The molecule has 0 radical (unpaired) electrons. The second kappa shape index (κ2) is 8.53. The van der Waals surface area contributed by atoms with Crippen molar-refractivity contribution in [2.24, 2.45) is 5.92 Å². The summed E-state index contributed by atoms with van der Waals surface area (Å²) in [5.74, 6) is 0.770. The van der Waals surface area contributed by atoms with Gasteiger partial charge in [-0.3, -0.25) is 4.79 Å². The first-order valence-electron chi connectivity index (χ1n) is 10.2. The summed E-state index contributed by atoms with van der Waals surface area (Å²) in [7, 11) is -1.02. The molecule has 5 atom stereocenters. The Hall–Kier alpha value is -1.41. The van der Waals surface area contributed by atoms with Crippen molar-refractivity contribution in [3.05, 3.63) is 29.8 Å². The van der Waals surface area contributed by atoms with Gasteiger partial charge in [0, 0.05) is 37.1 Å². The van der Waals surface area contributed by atoms with Crippen molar-refractivity contribution in [3.8, 4) is 5.75 Å². The zero-order chi connectivity index (χ0) is 20.5. The summed E-state index contributed by atoms with van der Waals surface area (Å²) < 4.78 is 12.1. The van der Waals surface area contributed by atoms with Crippen LogP contribution in [0.3, 0.4) is 0 Å². The summed E-state index contributed by atoms with van der Waals surface area (Å²) in [5, 5.41) is 9.57. The molecule has 156 valence electrons. The van der Waals surface area contributed by atoms with Crippen molar-refractivity contribution >= 4 is 14.2 Å². The van der Waals surface area contributed by atoms with Crippen molar-refractivity contribution in [1.82, 2.24) is 4.90 Å². The molecule has 6 nitrogen and oxygen atoms in total. The SMILES string of the molecule is CO[C@H]1c2ccccc2O[C@@H](C(CC(=O)N2CCC[C@H]2CO)[Si](C)(C)O)[C@@H]1C. The van der Waals surface area contributed by atoms with E-state index in [0.717, 1.165) is 24.2 Å². The molecule has 2 aliphatic heterocycles. The Morgan fingerprint density at radius 3 is 2.75 bits per heavy atom. The largest absolute Gasteiger partial charge is 0.490 e. The molecule has 0 spiro atoms. The smallest absolute Gasteiger partial charge is 0.223 e. The number of ether oxygens (including phenoxy) is 2. The second-order valence-corrected chi connectivity index (χ2v) is 12.7. The summed E-state index contributed by atoms with van der Waals surface area (Å²) in [5.41, 5.74) is 0.747. The number of likely N-dealkylation sites (tertiary alicyclic amines) is 1. The van der Waals surface area contributed by atoms with Gasteiger partial charge in [-0.05, 0) is 32.0 Å². The highest BCUT2D eigenvalue weighted by atomic mass is 28.4.